The van der Waals surface area contributed by atoms with Crippen LogP contribution < -0.4 is 34.2 Å². The second kappa shape index (κ2) is 24.1. The van der Waals surface area contributed by atoms with Crippen LogP contribution in [0.4, 0.5) is 34.3 Å². The molecule has 87 heavy (non-hydrogen) atoms. The van der Waals surface area contributed by atoms with Crippen LogP contribution in [0, 0.1) is 21.4 Å². The highest BCUT2D eigenvalue weighted by atomic mass is 32.2. The van der Waals surface area contributed by atoms with Gasteiger partial charge in [-0.1, -0.05) is 38.1 Å². The van der Waals surface area contributed by atoms with Gasteiger partial charge < -0.3 is 49.1 Å². The van der Waals surface area contributed by atoms with Gasteiger partial charge in [0.2, 0.25) is 5.88 Å². The Bertz CT molecular complexity index is 3620. The smallest absolute Gasteiger partial charge is 0.293 e. The average molecular weight is 1210 g/mol. The number of pyridine rings is 2. The fourth-order valence-electron chi connectivity index (χ4n) is 14.9. The number of hydrogen-bond acceptors (Lipinski definition) is 18. The summed E-state index contributed by atoms with van der Waals surface area (Å²) < 4.78 is 55.0. The SMILES string of the molecule is COc1cc(CN2CC[C@@H](N3CC4(CCN(c5ccc(C(=O)NS(=O)(=O)c6ccc(NC[C@H]7CC[C@](C)(O)CC7)c([N+](=O)[O-])c6)c(N6c7cc8cc[nH]c8nc7O[C@H]7COCC[C@@H]76)c5)CC4)C3)[C@H](c3ccccc3C(C)C)C2)cnc1N1CCOCC1. The van der Waals surface area contributed by atoms with Gasteiger partial charge in [0.05, 0.1) is 59.6 Å². The van der Waals surface area contributed by atoms with E-state index in [0.29, 0.717) is 93.0 Å². The third kappa shape index (κ3) is 12.0. The third-order valence-corrected chi connectivity index (χ3v) is 21.1. The standard InChI is InChI=1S/C65H81N11O10S/c1-42(2)48-7-5-6-8-49(48)51-38-71(37-44-31-58(83-4)61(68-36-44)73-26-29-84-30-27-73)23-16-53(51)74-40-65(41-74)20-24-72(25-21-65)46-9-11-50(55(33-46)75-54-17-28-85-39-59(54)86-63-57(75)32-45-15-22-66-60(45)69-63)62(77)70-87(81,82)47-10-12-52(56(34-47)76(79)80)67-35-43-13-18-64(3,78)19-14-43/h5-12,15,22,31-34,36,42-43,51,53-54,59,67,78H,13-14,16-21,23-30,35,37-41H2,1-4H3,(H,66,69)(H,70,77)/t43-,51-,53+,54-,59-,64-/m0/s1. The van der Waals surface area contributed by atoms with Crippen molar-refractivity contribution in [3.63, 3.8) is 0 Å². The number of carbonyl (C=O) groups is 1. The number of nitrogens with zero attached hydrogens (tertiary/aromatic N) is 8. The molecule has 6 aromatic rings. The number of likely N-dealkylation sites (tertiary alicyclic amines) is 2. The van der Waals surface area contributed by atoms with Crippen molar-refractivity contribution in [3.8, 4) is 11.6 Å². The third-order valence-electron chi connectivity index (χ3n) is 19.8. The maximum absolute atomic E-state index is 14.9. The van der Waals surface area contributed by atoms with E-state index in [1.807, 2.05) is 43.6 Å². The number of sulfonamides is 1. The number of nitro benzene ring substituents is 1. The molecule has 4 atom stereocenters. The minimum absolute atomic E-state index is 0.106. The van der Waals surface area contributed by atoms with Crippen LogP contribution >= 0.6 is 0 Å². The number of rotatable bonds is 16. The number of ether oxygens (including phenoxy) is 4. The zero-order valence-corrected chi connectivity index (χ0v) is 51.1. The Kier molecular flexibility index (Phi) is 16.3. The lowest BCUT2D eigenvalue weighted by Gasteiger charge is -2.59. The van der Waals surface area contributed by atoms with Crippen molar-refractivity contribution in [1.82, 2.24) is 29.5 Å². The molecule has 0 unspecified atom stereocenters. The number of aromatic amines is 1. The summed E-state index contributed by atoms with van der Waals surface area (Å²) in [4.78, 5) is 51.4. The predicted octanol–water partition coefficient (Wildman–Crippen LogP) is 8.96. The summed E-state index contributed by atoms with van der Waals surface area (Å²) in [6.07, 6.45) is 9.75. The summed E-state index contributed by atoms with van der Waals surface area (Å²) >= 11 is 0. The highest BCUT2D eigenvalue weighted by Gasteiger charge is 2.50. The lowest BCUT2D eigenvalue weighted by atomic mass is 9.69. The Labute approximate surface area is 508 Å². The molecule has 1 aliphatic carbocycles. The van der Waals surface area contributed by atoms with E-state index < -0.39 is 43.1 Å². The minimum Gasteiger partial charge on any atom is -0.493 e. The number of nitro groups is 1. The number of anilines is 5. The van der Waals surface area contributed by atoms with E-state index in [4.69, 9.17) is 28.9 Å². The van der Waals surface area contributed by atoms with Gasteiger partial charge in [0.25, 0.3) is 21.6 Å². The predicted molar refractivity (Wildman–Crippen MR) is 333 cm³/mol. The first kappa shape index (κ1) is 58.9. The van der Waals surface area contributed by atoms with E-state index in [0.717, 1.165) is 125 Å². The van der Waals surface area contributed by atoms with Gasteiger partial charge in [-0.05, 0) is 141 Å². The van der Waals surface area contributed by atoms with Crippen LogP contribution in [0.1, 0.15) is 111 Å². The van der Waals surface area contributed by atoms with Crippen LogP contribution in [0.2, 0.25) is 0 Å². The Morgan fingerprint density at radius 1 is 0.897 bits per heavy atom. The molecule has 9 heterocycles. The van der Waals surface area contributed by atoms with Crippen LogP contribution in [0.5, 0.6) is 11.6 Å². The summed E-state index contributed by atoms with van der Waals surface area (Å²) in [7, 11) is -2.92. The molecular weight excluding hydrogens is 1130 g/mol. The molecule has 22 heteroatoms. The number of amides is 1. The quantitative estimate of drug-likeness (QED) is 0.0523. The molecule has 13 rings (SSSR count). The first-order valence-corrected chi connectivity index (χ1v) is 32.6. The second-order valence-corrected chi connectivity index (χ2v) is 27.6. The maximum atomic E-state index is 14.9. The number of nitrogens with one attached hydrogen (secondary N) is 3. The molecule has 7 aliphatic rings. The van der Waals surface area contributed by atoms with Crippen molar-refractivity contribution in [2.45, 2.75) is 119 Å². The lowest BCUT2D eigenvalue weighted by molar-refractivity contribution is -0.384. The Balaban J connectivity index is 0.743. The van der Waals surface area contributed by atoms with E-state index in [9.17, 15) is 28.4 Å². The molecule has 6 aliphatic heterocycles. The van der Waals surface area contributed by atoms with Gasteiger partial charge >= 0.3 is 0 Å². The van der Waals surface area contributed by atoms with Gasteiger partial charge in [-0.2, -0.15) is 4.98 Å². The number of aliphatic hydroxyl groups is 1. The molecule has 3 aromatic heterocycles. The maximum Gasteiger partial charge on any atom is 0.293 e. The molecule has 0 radical (unpaired) electrons. The number of carbonyl (C=O) groups excluding carboxylic acids is 1. The van der Waals surface area contributed by atoms with Crippen molar-refractivity contribution in [2.24, 2.45) is 11.3 Å². The molecule has 5 saturated heterocycles. The van der Waals surface area contributed by atoms with Gasteiger partial charge in [0.15, 0.2) is 11.6 Å². The molecule has 0 bridgehead atoms. The monoisotopic (exact) mass is 1210 g/mol. The topological polar surface area (TPSA) is 233 Å². The van der Waals surface area contributed by atoms with Crippen LogP contribution in [-0.2, 0) is 26.0 Å². The van der Waals surface area contributed by atoms with Crippen LogP contribution in [0.3, 0.4) is 0 Å². The Morgan fingerprint density at radius 2 is 1.69 bits per heavy atom. The fraction of sp³-hybridized carbons (Fsp3) is 0.523. The number of methoxy groups -OCH3 is 1. The number of hydrogen-bond donors (Lipinski definition) is 4. The van der Waals surface area contributed by atoms with Gasteiger partial charge in [0.1, 0.15) is 23.1 Å². The first-order chi connectivity index (χ1) is 42.0. The summed E-state index contributed by atoms with van der Waals surface area (Å²) in [5.41, 5.74) is 5.96. The van der Waals surface area contributed by atoms with Crippen molar-refractivity contribution in [2.75, 3.05) is 112 Å². The van der Waals surface area contributed by atoms with Crippen LogP contribution in [0.25, 0.3) is 11.0 Å². The number of benzene rings is 3. The Hall–Kier alpha value is -7.08. The average Bonchev–Trinajstić information content (AvgIpc) is 1.53. The first-order valence-electron chi connectivity index (χ1n) is 31.1. The molecular formula is C65H81N11O10S. The fourth-order valence-corrected chi connectivity index (χ4v) is 15.9. The molecule has 1 amide bonds. The van der Waals surface area contributed by atoms with E-state index >= 15 is 0 Å². The second-order valence-electron chi connectivity index (χ2n) is 25.9. The number of fused-ring (bicyclic) bond motifs is 3. The molecule has 21 nitrogen and oxygen atoms in total. The van der Waals surface area contributed by atoms with Crippen molar-refractivity contribution in [1.29, 1.82) is 0 Å². The summed E-state index contributed by atoms with van der Waals surface area (Å²) in [5.74, 6) is 2.05. The summed E-state index contributed by atoms with van der Waals surface area (Å²) in [6, 6.07) is 24.5. The molecule has 1 saturated carbocycles. The van der Waals surface area contributed by atoms with Crippen LogP contribution in [0.15, 0.2) is 96.2 Å². The zero-order valence-electron chi connectivity index (χ0n) is 50.3. The lowest BCUT2D eigenvalue weighted by Crippen LogP contribution is -2.65. The highest BCUT2D eigenvalue weighted by molar-refractivity contribution is 7.90. The van der Waals surface area contributed by atoms with Crippen molar-refractivity contribution < 1.29 is 42.2 Å². The van der Waals surface area contributed by atoms with Gasteiger partial charge in [-0.15, -0.1) is 0 Å². The van der Waals surface area contributed by atoms with E-state index in [-0.39, 0.29) is 28.6 Å². The van der Waals surface area contributed by atoms with Crippen molar-refractivity contribution in [3.05, 3.63) is 124 Å². The molecule has 3 aromatic carbocycles. The normalized spacial score (nSPS) is 25.1. The zero-order chi connectivity index (χ0) is 60.2. The van der Waals surface area contributed by atoms with Gasteiger partial charge in [0, 0.05) is 114 Å². The number of morpholine rings is 1. The largest absolute Gasteiger partial charge is 0.493 e. The minimum atomic E-state index is -4.65. The molecule has 4 N–H and O–H groups in total. The molecule has 6 fully saturated rings. The molecule has 462 valence electrons. The van der Waals surface area contributed by atoms with Gasteiger partial charge in [-0.25, -0.2) is 18.1 Å². The van der Waals surface area contributed by atoms with Crippen molar-refractivity contribution >= 4 is 61.2 Å². The van der Waals surface area contributed by atoms with E-state index in [1.54, 1.807) is 13.2 Å². The molecule has 1 spiro atoms. The highest BCUT2D eigenvalue weighted by Crippen LogP contribution is 2.49. The van der Waals surface area contributed by atoms with Gasteiger partial charge in [-0.3, -0.25) is 24.7 Å². The number of piperidine rings is 2. The number of H-pyrrole nitrogens is 1. The van der Waals surface area contributed by atoms with E-state index in [2.05, 4.69) is 83.7 Å². The van der Waals surface area contributed by atoms with Crippen LogP contribution in [-0.4, -0.2) is 165 Å². The Morgan fingerprint density at radius 3 is 2.46 bits per heavy atom. The number of aromatic nitrogens is 3. The summed E-state index contributed by atoms with van der Waals surface area (Å²) in [5, 5.41) is 26.9. The summed E-state index contributed by atoms with van der Waals surface area (Å²) in [6.45, 7) is 16.9. The van der Waals surface area contributed by atoms with E-state index in [1.165, 1.54) is 23.3 Å².